The number of thiophene rings is 1. The Morgan fingerprint density at radius 2 is 2.06 bits per heavy atom. The van der Waals surface area contributed by atoms with Crippen LogP contribution in [0.5, 0.6) is 0 Å². The number of hydrogen-bond acceptors (Lipinski definition) is 2. The van der Waals surface area contributed by atoms with E-state index in [1.54, 1.807) is 11.3 Å². The maximum atomic E-state index is 10.4. The predicted molar refractivity (Wildman–Crippen MR) is 67.0 cm³/mol. The van der Waals surface area contributed by atoms with Gasteiger partial charge in [0.2, 0.25) is 0 Å². The quantitative estimate of drug-likeness (QED) is 0.801. The third kappa shape index (κ3) is 2.61. The number of carboxylic acid groups (broad SMARTS) is 1. The summed E-state index contributed by atoms with van der Waals surface area (Å²) in [5, 5.41) is 12.1. The van der Waals surface area contributed by atoms with Gasteiger partial charge in [-0.25, -0.2) is 0 Å². The first kappa shape index (κ1) is 11.1. The van der Waals surface area contributed by atoms with Gasteiger partial charge in [-0.05, 0) is 41.7 Å². The van der Waals surface area contributed by atoms with Crippen molar-refractivity contribution < 1.29 is 9.90 Å². The predicted octanol–water partition coefficient (Wildman–Crippen LogP) is 3.70. The second-order valence-corrected chi connectivity index (χ2v) is 4.77. The molecule has 1 aromatic carbocycles. The largest absolute Gasteiger partial charge is 0.481 e. The lowest BCUT2D eigenvalue weighted by molar-refractivity contribution is -0.137. The molecule has 0 radical (unpaired) electrons. The molecule has 2 aromatic rings. The van der Waals surface area contributed by atoms with Gasteiger partial charge in [0, 0.05) is 11.1 Å². The van der Waals surface area contributed by atoms with Crippen molar-refractivity contribution in [3.05, 3.63) is 35.2 Å². The molecule has 0 atom stereocenters. The molecule has 0 saturated carbocycles. The molecule has 0 amide bonds. The summed E-state index contributed by atoms with van der Waals surface area (Å²) in [6.45, 7) is 0. The molecule has 0 spiro atoms. The van der Waals surface area contributed by atoms with Crippen LogP contribution in [-0.4, -0.2) is 11.1 Å². The van der Waals surface area contributed by atoms with Gasteiger partial charge in [0.25, 0.3) is 0 Å². The lowest BCUT2D eigenvalue weighted by Crippen LogP contribution is -1.94. The number of carbonyl (C=O) groups is 1. The average Bonchev–Trinajstić information content (AvgIpc) is 2.68. The maximum Gasteiger partial charge on any atom is 0.303 e. The fraction of sp³-hybridized carbons (Fsp3) is 0.308. The van der Waals surface area contributed by atoms with E-state index in [0.717, 1.165) is 19.3 Å². The average molecular weight is 234 g/mol. The molecule has 2 rings (SSSR count). The van der Waals surface area contributed by atoms with Crippen LogP contribution in [0.15, 0.2) is 29.6 Å². The van der Waals surface area contributed by atoms with E-state index in [4.69, 9.17) is 5.11 Å². The molecule has 0 aliphatic carbocycles. The number of rotatable bonds is 5. The number of unbranched alkanes of at least 4 members (excludes halogenated alkanes) is 1. The molecule has 0 aliphatic rings. The van der Waals surface area contributed by atoms with Crippen LogP contribution in [0.25, 0.3) is 10.1 Å². The van der Waals surface area contributed by atoms with E-state index in [1.807, 2.05) is 6.07 Å². The summed E-state index contributed by atoms with van der Waals surface area (Å²) in [5.41, 5.74) is 1.35. The summed E-state index contributed by atoms with van der Waals surface area (Å²) < 4.78 is 1.32. The van der Waals surface area contributed by atoms with Crippen LogP contribution in [0.2, 0.25) is 0 Å². The first-order valence-corrected chi connectivity index (χ1v) is 6.32. The van der Waals surface area contributed by atoms with Crippen LogP contribution in [0.1, 0.15) is 24.8 Å². The highest BCUT2D eigenvalue weighted by Gasteiger charge is 2.03. The molecule has 1 heterocycles. The normalized spacial score (nSPS) is 10.8. The molecular weight excluding hydrogens is 220 g/mol. The molecular formula is C13H14O2S. The second kappa shape index (κ2) is 5.12. The number of aryl methyl sites for hydroxylation is 1. The van der Waals surface area contributed by atoms with Crippen molar-refractivity contribution in [1.29, 1.82) is 0 Å². The van der Waals surface area contributed by atoms with E-state index < -0.39 is 5.97 Å². The Morgan fingerprint density at radius 1 is 1.25 bits per heavy atom. The number of hydrogen-bond donors (Lipinski definition) is 1. The smallest absolute Gasteiger partial charge is 0.303 e. The second-order valence-electron chi connectivity index (χ2n) is 3.86. The summed E-state index contributed by atoms with van der Waals surface area (Å²) in [7, 11) is 0. The zero-order chi connectivity index (χ0) is 11.4. The summed E-state index contributed by atoms with van der Waals surface area (Å²) in [4.78, 5) is 10.4. The Balaban J connectivity index is 1.97. The van der Waals surface area contributed by atoms with Crippen LogP contribution < -0.4 is 0 Å². The summed E-state index contributed by atoms with van der Waals surface area (Å²) in [6, 6.07) is 8.36. The third-order valence-electron chi connectivity index (χ3n) is 2.65. The lowest BCUT2D eigenvalue weighted by Gasteiger charge is -1.98. The Labute approximate surface area is 98.5 Å². The Morgan fingerprint density at radius 3 is 2.88 bits per heavy atom. The number of carboxylic acids is 1. The first-order chi connectivity index (χ1) is 7.77. The molecule has 0 unspecified atom stereocenters. The Bertz CT molecular complexity index is 487. The highest BCUT2D eigenvalue weighted by Crippen LogP contribution is 2.26. The molecule has 0 bridgehead atoms. The fourth-order valence-corrected chi connectivity index (χ4v) is 2.82. The van der Waals surface area contributed by atoms with Crippen LogP contribution in [0, 0.1) is 0 Å². The van der Waals surface area contributed by atoms with Gasteiger partial charge in [0.15, 0.2) is 0 Å². The van der Waals surface area contributed by atoms with Crippen molar-refractivity contribution in [2.24, 2.45) is 0 Å². The van der Waals surface area contributed by atoms with Gasteiger partial charge in [0.05, 0.1) is 0 Å². The van der Waals surface area contributed by atoms with E-state index in [1.165, 1.54) is 15.6 Å². The van der Waals surface area contributed by atoms with Gasteiger partial charge in [-0.15, -0.1) is 11.3 Å². The van der Waals surface area contributed by atoms with Crippen LogP contribution in [-0.2, 0) is 11.2 Å². The zero-order valence-electron chi connectivity index (χ0n) is 8.98. The Kier molecular flexibility index (Phi) is 3.57. The van der Waals surface area contributed by atoms with Gasteiger partial charge < -0.3 is 5.11 Å². The number of benzene rings is 1. The van der Waals surface area contributed by atoms with E-state index in [9.17, 15) is 4.79 Å². The van der Waals surface area contributed by atoms with Crippen molar-refractivity contribution >= 4 is 27.4 Å². The molecule has 84 valence electrons. The summed E-state index contributed by atoms with van der Waals surface area (Å²) in [6.07, 6.45) is 2.98. The molecule has 0 saturated heterocycles. The Hall–Kier alpha value is -1.35. The number of aliphatic carboxylic acids is 1. The van der Waals surface area contributed by atoms with Gasteiger partial charge in [-0.1, -0.05) is 18.2 Å². The van der Waals surface area contributed by atoms with Gasteiger partial charge in [-0.3, -0.25) is 4.79 Å². The monoisotopic (exact) mass is 234 g/mol. The van der Waals surface area contributed by atoms with Crippen molar-refractivity contribution in [3.63, 3.8) is 0 Å². The van der Waals surface area contributed by atoms with E-state index in [-0.39, 0.29) is 6.42 Å². The summed E-state index contributed by atoms with van der Waals surface area (Å²) >= 11 is 1.76. The van der Waals surface area contributed by atoms with E-state index in [0.29, 0.717) is 0 Å². The molecule has 1 aromatic heterocycles. The minimum atomic E-state index is -0.699. The fourth-order valence-electron chi connectivity index (χ4n) is 1.82. The van der Waals surface area contributed by atoms with Gasteiger partial charge in [-0.2, -0.15) is 0 Å². The topological polar surface area (TPSA) is 37.3 Å². The maximum absolute atomic E-state index is 10.4. The minimum absolute atomic E-state index is 0.280. The van der Waals surface area contributed by atoms with Crippen molar-refractivity contribution in [3.8, 4) is 0 Å². The highest BCUT2D eigenvalue weighted by molar-refractivity contribution is 7.17. The molecule has 0 fully saturated rings. The first-order valence-electron chi connectivity index (χ1n) is 5.44. The van der Waals surface area contributed by atoms with Crippen molar-refractivity contribution in [1.82, 2.24) is 0 Å². The van der Waals surface area contributed by atoms with Crippen LogP contribution >= 0.6 is 11.3 Å². The van der Waals surface area contributed by atoms with Crippen molar-refractivity contribution in [2.45, 2.75) is 25.7 Å². The minimum Gasteiger partial charge on any atom is -0.481 e. The summed E-state index contributed by atoms with van der Waals surface area (Å²) in [5.74, 6) is -0.699. The van der Waals surface area contributed by atoms with E-state index in [2.05, 4.69) is 23.6 Å². The lowest BCUT2D eigenvalue weighted by atomic mass is 10.1. The zero-order valence-corrected chi connectivity index (χ0v) is 9.80. The van der Waals surface area contributed by atoms with Crippen LogP contribution in [0.3, 0.4) is 0 Å². The molecule has 0 aliphatic heterocycles. The molecule has 1 N–H and O–H groups in total. The van der Waals surface area contributed by atoms with Crippen LogP contribution in [0.4, 0.5) is 0 Å². The van der Waals surface area contributed by atoms with E-state index >= 15 is 0 Å². The van der Waals surface area contributed by atoms with Gasteiger partial charge >= 0.3 is 5.97 Å². The van der Waals surface area contributed by atoms with Gasteiger partial charge in [0.1, 0.15) is 0 Å². The highest BCUT2D eigenvalue weighted by atomic mass is 32.1. The molecule has 16 heavy (non-hydrogen) atoms. The number of fused-ring (bicyclic) bond motifs is 1. The third-order valence-corrected chi connectivity index (χ3v) is 3.66. The molecule has 2 nitrogen and oxygen atoms in total. The molecule has 3 heteroatoms. The SMILES string of the molecule is O=C(O)CCCCc1csc2ccccc12. The van der Waals surface area contributed by atoms with Crippen molar-refractivity contribution in [2.75, 3.05) is 0 Å². The standard InChI is InChI=1S/C13H14O2S/c14-13(15)8-4-1-5-10-9-16-12-7-3-2-6-11(10)12/h2-3,6-7,9H,1,4-5,8H2,(H,14,15).